The number of nitrogen functional groups attached to an aromatic ring is 1. The highest BCUT2D eigenvalue weighted by molar-refractivity contribution is 5.92. The quantitative estimate of drug-likeness (QED) is 0.617. The standard InChI is InChI=1S/C12H19N5O/c1-2-9-4-3-5-17(8-9)12(18)10-6-14-7-11(15-10)16-13/h6-7,9H,2-5,8,13H2,1H3,(H,15,16). The molecule has 0 spiro atoms. The number of carbonyl (C=O) groups excluding carboxylic acids is 1. The van der Waals surface area contributed by atoms with E-state index in [0.29, 0.717) is 17.4 Å². The minimum Gasteiger partial charge on any atom is -0.337 e. The molecule has 1 aliphatic rings. The SMILES string of the molecule is CCC1CCCN(C(=O)c2cncc(NN)n2)C1. The maximum Gasteiger partial charge on any atom is 0.274 e. The number of piperidine rings is 1. The van der Waals surface area contributed by atoms with Crippen LogP contribution in [0.3, 0.4) is 0 Å². The molecule has 0 saturated carbocycles. The number of hydrogen-bond donors (Lipinski definition) is 2. The van der Waals surface area contributed by atoms with Crippen LogP contribution in [0.2, 0.25) is 0 Å². The molecule has 1 saturated heterocycles. The molecule has 6 heteroatoms. The molecular weight excluding hydrogens is 230 g/mol. The Labute approximate surface area is 107 Å². The first-order chi connectivity index (χ1) is 8.74. The van der Waals surface area contributed by atoms with E-state index in [-0.39, 0.29) is 5.91 Å². The molecule has 2 rings (SSSR count). The van der Waals surface area contributed by atoms with E-state index in [2.05, 4.69) is 22.3 Å². The summed E-state index contributed by atoms with van der Waals surface area (Å²) in [6.07, 6.45) is 6.35. The summed E-state index contributed by atoms with van der Waals surface area (Å²) < 4.78 is 0. The maximum absolute atomic E-state index is 12.3. The van der Waals surface area contributed by atoms with Crippen molar-refractivity contribution in [3.63, 3.8) is 0 Å². The number of rotatable bonds is 3. The van der Waals surface area contributed by atoms with Crippen molar-refractivity contribution in [1.29, 1.82) is 0 Å². The fourth-order valence-corrected chi connectivity index (χ4v) is 2.28. The van der Waals surface area contributed by atoms with Gasteiger partial charge in [0.1, 0.15) is 5.69 Å². The summed E-state index contributed by atoms with van der Waals surface area (Å²) in [7, 11) is 0. The number of amides is 1. The van der Waals surface area contributed by atoms with E-state index in [1.807, 2.05) is 4.90 Å². The summed E-state index contributed by atoms with van der Waals surface area (Å²) in [6, 6.07) is 0. The summed E-state index contributed by atoms with van der Waals surface area (Å²) >= 11 is 0. The molecule has 1 aliphatic heterocycles. The Morgan fingerprint density at radius 3 is 3.17 bits per heavy atom. The molecule has 98 valence electrons. The number of hydrogen-bond acceptors (Lipinski definition) is 5. The number of carbonyl (C=O) groups is 1. The number of nitrogens with one attached hydrogen (secondary N) is 1. The maximum atomic E-state index is 12.3. The largest absolute Gasteiger partial charge is 0.337 e. The second-order valence-corrected chi connectivity index (χ2v) is 4.60. The van der Waals surface area contributed by atoms with E-state index >= 15 is 0 Å². The zero-order chi connectivity index (χ0) is 13.0. The summed E-state index contributed by atoms with van der Waals surface area (Å²) in [5, 5.41) is 0. The Kier molecular flexibility index (Phi) is 4.09. The van der Waals surface area contributed by atoms with Gasteiger partial charge in [-0.05, 0) is 18.8 Å². The van der Waals surface area contributed by atoms with Crippen molar-refractivity contribution in [2.24, 2.45) is 11.8 Å². The first kappa shape index (κ1) is 12.8. The lowest BCUT2D eigenvalue weighted by Crippen LogP contribution is -2.40. The van der Waals surface area contributed by atoms with Gasteiger partial charge in [-0.2, -0.15) is 0 Å². The smallest absolute Gasteiger partial charge is 0.274 e. The van der Waals surface area contributed by atoms with Crippen LogP contribution in [-0.4, -0.2) is 33.9 Å². The summed E-state index contributed by atoms with van der Waals surface area (Å²) in [4.78, 5) is 22.2. The molecule has 1 aromatic heterocycles. The van der Waals surface area contributed by atoms with E-state index in [0.717, 1.165) is 25.9 Å². The van der Waals surface area contributed by atoms with Crippen molar-refractivity contribution in [2.45, 2.75) is 26.2 Å². The first-order valence-electron chi connectivity index (χ1n) is 6.32. The van der Waals surface area contributed by atoms with Crippen molar-refractivity contribution >= 4 is 11.7 Å². The molecule has 1 amide bonds. The fourth-order valence-electron chi connectivity index (χ4n) is 2.28. The normalized spacial score (nSPS) is 19.7. The average Bonchev–Trinajstić information content (AvgIpc) is 2.46. The second-order valence-electron chi connectivity index (χ2n) is 4.60. The molecule has 0 radical (unpaired) electrons. The summed E-state index contributed by atoms with van der Waals surface area (Å²) in [5.74, 6) is 6.22. The number of likely N-dealkylation sites (tertiary alicyclic amines) is 1. The Morgan fingerprint density at radius 1 is 1.61 bits per heavy atom. The summed E-state index contributed by atoms with van der Waals surface area (Å²) in [6.45, 7) is 3.78. The minimum absolute atomic E-state index is 0.0576. The first-order valence-corrected chi connectivity index (χ1v) is 6.32. The lowest BCUT2D eigenvalue weighted by Gasteiger charge is -2.32. The Bertz CT molecular complexity index is 423. The van der Waals surface area contributed by atoms with Crippen LogP contribution < -0.4 is 11.3 Å². The van der Waals surface area contributed by atoms with Crippen molar-refractivity contribution in [2.75, 3.05) is 18.5 Å². The highest BCUT2D eigenvalue weighted by atomic mass is 16.2. The third-order valence-corrected chi connectivity index (χ3v) is 3.39. The van der Waals surface area contributed by atoms with Crippen LogP contribution in [0.15, 0.2) is 12.4 Å². The van der Waals surface area contributed by atoms with Crippen LogP contribution in [0.4, 0.5) is 5.82 Å². The molecular formula is C12H19N5O. The molecule has 0 aromatic carbocycles. The second kappa shape index (κ2) is 5.77. The molecule has 0 bridgehead atoms. The molecule has 6 nitrogen and oxygen atoms in total. The van der Waals surface area contributed by atoms with Gasteiger partial charge in [0.05, 0.1) is 12.4 Å². The number of hydrazine groups is 1. The number of nitrogens with two attached hydrogens (primary N) is 1. The lowest BCUT2D eigenvalue weighted by molar-refractivity contribution is 0.0665. The Morgan fingerprint density at radius 2 is 2.44 bits per heavy atom. The molecule has 0 aliphatic carbocycles. The van der Waals surface area contributed by atoms with Gasteiger partial charge in [-0.15, -0.1) is 0 Å². The molecule has 2 heterocycles. The highest BCUT2D eigenvalue weighted by Gasteiger charge is 2.24. The van der Waals surface area contributed by atoms with Crippen LogP contribution in [0.25, 0.3) is 0 Å². The summed E-state index contributed by atoms with van der Waals surface area (Å²) in [5.41, 5.74) is 2.75. The van der Waals surface area contributed by atoms with E-state index in [1.54, 1.807) is 0 Å². The third-order valence-electron chi connectivity index (χ3n) is 3.39. The van der Waals surface area contributed by atoms with Crippen LogP contribution in [-0.2, 0) is 0 Å². The van der Waals surface area contributed by atoms with Gasteiger partial charge >= 0.3 is 0 Å². The van der Waals surface area contributed by atoms with Gasteiger partial charge in [0.2, 0.25) is 0 Å². The van der Waals surface area contributed by atoms with E-state index in [1.165, 1.54) is 18.8 Å². The molecule has 1 unspecified atom stereocenters. The van der Waals surface area contributed by atoms with Gasteiger partial charge in [-0.3, -0.25) is 9.78 Å². The molecule has 3 N–H and O–H groups in total. The zero-order valence-electron chi connectivity index (χ0n) is 10.6. The predicted molar refractivity (Wildman–Crippen MR) is 68.8 cm³/mol. The van der Waals surface area contributed by atoms with E-state index < -0.39 is 0 Å². The minimum atomic E-state index is -0.0576. The molecule has 1 fully saturated rings. The van der Waals surface area contributed by atoms with Crippen LogP contribution in [0, 0.1) is 5.92 Å². The van der Waals surface area contributed by atoms with Gasteiger partial charge in [-0.25, -0.2) is 10.8 Å². The van der Waals surface area contributed by atoms with Gasteiger partial charge in [0.15, 0.2) is 5.82 Å². The van der Waals surface area contributed by atoms with Gasteiger partial charge in [0.25, 0.3) is 5.91 Å². The van der Waals surface area contributed by atoms with Crippen molar-refractivity contribution in [3.8, 4) is 0 Å². The fraction of sp³-hybridized carbons (Fsp3) is 0.583. The lowest BCUT2D eigenvalue weighted by atomic mass is 9.95. The van der Waals surface area contributed by atoms with Crippen molar-refractivity contribution in [1.82, 2.24) is 14.9 Å². The third kappa shape index (κ3) is 2.76. The van der Waals surface area contributed by atoms with Crippen LogP contribution in [0.5, 0.6) is 0 Å². The molecule has 1 aromatic rings. The van der Waals surface area contributed by atoms with E-state index in [4.69, 9.17) is 5.84 Å². The van der Waals surface area contributed by atoms with Crippen molar-refractivity contribution < 1.29 is 4.79 Å². The monoisotopic (exact) mass is 249 g/mol. The van der Waals surface area contributed by atoms with Gasteiger partial charge < -0.3 is 10.3 Å². The van der Waals surface area contributed by atoms with Gasteiger partial charge in [-0.1, -0.05) is 13.3 Å². The zero-order valence-corrected chi connectivity index (χ0v) is 10.6. The Hall–Kier alpha value is -1.69. The Balaban J connectivity index is 2.10. The molecule has 1 atom stereocenters. The topological polar surface area (TPSA) is 84.1 Å². The van der Waals surface area contributed by atoms with Crippen LogP contribution in [0.1, 0.15) is 36.7 Å². The highest BCUT2D eigenvalue weighted by Crippen LogP contribution is 2.20. The van der Waals surface area contributed by atoms with Crippen LogP contribution >= 0.6 is 0 Å². The molecule has 18 heavy (non-hydrogen) atoms. The average molecular weight is 249 g/mol. The number of nitrogens with zero attached hydrogens (tertiary/aromatic N) is 3. The van der Waals surface area contributed by atoms with Crippen molar-refractivity contribution in [3.05, 3.63) is 18.1 Å². The number of anilines is 1. The van der Waals surface area contributed by atoms with Gasteiger partial charge in [0, 0.05) is 13.1 Å². The predicted octanol–water partition coefficient (Wildman–Crippen LogP) is 1.02. The number of aromatic nitrogens is 2. The van der Waals surface area contributed by atoms with E-state index in [9.17, 15) is 4.79 Å².